The van der Waals surface area contributed by atoms with E-state index >= 15 is 0 Å². The summed E-state index contributed by atoms with van der Waals surface area (Å²) in [7, 11) is 0. The lowest BCUT2D eigenvalue weighted by molar-refractivity contribution is -0.162. The highest BCUT2D eigenvalue weighted by Crippen LogP contribution is 2.41. The number of aryl methyl sites for hydroxylation is 2. The zero-order valence-electron chi connectivity index (χ0n) is 19.0. The molecule has 2 aromatic carbocycles. The van der Waals surface area contributed by atoms with Crippen molar-refractivity contribution >= 4 is 28.0 Å². The normalized spacial score (nSPS) is 14.2. The molecule has 2 heterocycles. The van der Waals surface area contributed by atoms with Gasteiger partial charge in [-0.1, -0.05) is 0 Å². The first-order chi connectivity index (χ1) is 17.5. The minimum absolute atomic E-state index is 0.343. The maximum absolute atomic E-state index is 14.0. The molecule has 0 bridgehead atoms. The van der Waals surface area contributed by atoms with Crippen LogP contribution >= 0.6 is 0 Å². The number of amides is 2. The summed E-state index contributed by atoms with van der Waals surface area (Å²) in [5.41, 5.74) is -2.40. The highest BCUT2D eigenvalue weighted by molar-refractivity contribution is 5.84. The van der Waals surface area contributed by atoms with Gasteiger partial charge in [0.15, 0.2) is 34.9 Å². The van der Waals surface area contributed by atoms with Crippen molar-refractivity contribution in [3.05, 3.63) is 70.2 Å². The topological polar surface area (TPSA) is 67.4 Å². The van der Waals surface area contributed by atoms with Gasteiger partial charge in [-0.3, -0.25) is 0 Å². The maximum Gasteiger partial charge on any atom is 0.416 e. The number of hydrogen-bond donors (Lipinski definition) is 2. The number of furan rings is 2. The number of hydrogen-bond acceptors (Lipinski definition) is 3. The second kappa shape index (κ2) is 9.13. The third kappa shape index (κ3) is 4.84. The average Bonchev–Trinajstić information content (AvgIpc) is 3.26. The Morgan fingerprint density at radius 3 is 1.34 bits per heavy atom. The molecule has 2 aromatic heterocycles. The molecule has 4 aromatic rings. The third-order valence-corrected chi connectivity index (χ3v) is 5.72. The minimum Gasteiger partial charge on any atom is -0.455 e. The first kappa shape index (κ1) is 27.1. The lowest BCUT2D eigenvalue weighted by Crippen LogP contribution is -2.47. The van der Waals surface area contributed by atoms with E-state index in [0.717, 1.165) is 13.8 Å². The molecule has 204 valence electrons. The summed E-state index contributed by atoms with van der Waals surface area (Å²) < 4.78 is 148. The van der Waals surface area contributed by atoms with Gasteiger partial charge in [-0.25, -0.2) is 22.4 Å². The monoisotopic (exact) mass is 556 g/mol. The number of rotatable bonds is 4. The van der Waals surface area contributed by atoms with Gasteiger partial charge in [0, 0.05) is 34.0 Å². The number of nitrogens with one attached hydrogen (secondary N) is 2. The van der Waals surface area contributed by atoms with Gasteiger partial charge in [0.2, 0.25) is 0 Å². The van der Waals surface area contributed by atoms with Crippen molar-refractivity contribution in [3.63, 3.8) is 0 Å². The summed E-state index contributed by atoms with van der Waals surface area (Å²) in [4.78, 5) is 12.4. The molecule has 0 aliphatic heterocycles. The van der Waals surface area contributed by atoms with Gasteiger partial charge in [0.05, 0.1) is 0 Å². The second-order valence-corrected chi connectivity index (χ2v) is 8.28. The Balaban J connectivity index is 1.71. The maximum atomic E-state index is 14.0. The van der Waals surface area contributed by atoms with E-state index in [9.17, 15) is 48.7 Å². The molecule has 0 radical (unpaired) electrons. The van der Waals surface area contributed by atoms with Gasteiger partial charge < -0.3 is 19.5 Å². The molecule has 0 saturated heterocycles. The first-order valence-corrected chi connectivity index (χ1v) is 10.5. The molecule has 0 spiro atoms. The van der Waals surface area contributed by atoms with Gasteiger partial charge in [-0.15, -0.1) is 0 Å². The highest BCUT2D eigenvalue weighted by Gasteiger charge is 2.49. The molecule has 0 aliphatic carbocycles. The third-order valence-electron chi connectivity index (χ3n) is 5.72. The number of carbonyl (C=O) groups is 1. The Hall–Kier alpha value is -3.91. The van der Waals surface area contributed by atoms with E-state index in [1.807, 2.05) is 0 Å². The van der Waals surface area contributed by atoms with Crippen LogP contribution in [-0.4, -0.2) is 18.4 Å². The van der Waals surface area contributed by atoms with E-state index in [-0.39, 0.29) is 0 Å². The van der Waals surface area contributed by atoms with Crippen LogP contribution in [0.3, 0.4) is 0 Å². The standard InChI is InChI=1S/C23H14F10N2O3/c1-7-11-3-9(24)5-13(26)17(11)37-15(7)19(22(28,29)30)34-21(36)35-20(23(31,32)33)16-8(2)12-4-10(25)6-14(27)18(12)38-16/h3-6,19-20H,1-2H3,(H2,34,35,36)/t19-,20-/m1/s1. The second-order valence-electron chi connectivity index (χ2n) is 8.28. The van der Waals surface area contributed by atoms with Crippen LogP contribution in [0, 0.1) is 37.1 Å². The molecule has 2 amide bonds. The molecule has 4 rings (SSSR count). The zero-order chi connectivity index (χ0) is 28.3. The van der Waals surface area contributed by atoms with E-state index in [1.165, 1.54) is 10.6 Å². The van der Waals surface area contributed by atoms with Gasteiger partial charge in [-0.05, 0) is 26.0 Å². The predicted molar refractivity (Wildman–Crippen MR) is 111 cm³/mol. The molecule has 0 unspecified atom stereocenters. The van der Waals surface area contributed by atoms with E-state index in [0.29, 0.717) is 24.3 Å². The molecule has 15 heteroatoms. The number of carbonyl (C=O) groups excluding carboxylic acids is 1. The average molecular weight is 556 g/mol. The molecular formula is C23H14F10N2O3. The van der Waals surface area contributed by atoms with Crippen LogP contribution in [0.5, 0.6) is 0 Å². The number of halogens is 10. The fraction of sp³-hybridized carbons (Fsp3) is 0.261. The van der Waals surface area contributed by atoms with Gasteiger partial charge in [-0.2, -0.15) is 26.3 Å². The number of benzene rings is 2. The summed E-state index contributed by atoms with van der Waals surface area (Å²) in [6.45, 7) is 2.00. The van der Waals surface area contributed by atoms with Crippen LogP contribution in [0.15, 0.2) is 33.1 Å². The van der Waals surface area contributed by atoms with Crippen LogP contribution in [0.2, 0.25) is 0 Å². The summed E-state index contributed by atoms with van der Waals surface area (Å²) in [6, 6.07) is -6.15. The van der Waals surface area contributed by atoms with E-state index in [4.69, 9.17) is 8.83 Å². The number of alkyl halides is 6. The van der Waals surface area contributed by atoms with Crippen LogP contribution in [0.25, 0.3) is 21.9 Å². The van der Waals surface area contributed by atoms with Crippen molar-refractivity contribution in [3.8, 4) is 0 Å². The fourth-order valence-corrected chi connectivity index (χ4v) is 3.97. The van der Waals surface area contributed by atoms with Crippen molar-refractivity contribution in [2.75, 3.05) is 0 Å². The van der Waals surface area contributed by atoms with Gasteiger partial charge >= 0.3 is 18.4 Å². The van der Waals surface area contributed by atoms with Crippen LogP contribution < -0.4 is 10.6 Å². The van der Waals surface area contributed by atoms with E-state index in [1.54, 1.807) is 0 Å². The lowest BCUT2D eigenvalue weighted by Gasteiger charge is -2.24. The van der Waals surface area contributed by atoms with Crippen molar-refractivity contribution in [2.24, 2.45) is 0 Å². The molecule has 2 N–H and O–H groups in total. The Kier molecular flexibility index (Phi) is 6.52. The molecule has 0 aliphatic rings. The number of fused-ring (bicyclic) bond motifs is 2. The van der Waals surface area contributed by atoms with Gasteiger partial charge in [0.1, 0.15) is 23.2 Å². The summed E-state index contributed by atoms with van der Waals surface area (Å²) in [6.07, 6.45) is -10.7. The van der Waals surface area contributed by atoms with Crippen LogP contribution in [0.1, 0.15) is 34.7 Å². The molecule has 0 saturated carbocycles. The van der Waals surface area contributed by atoms with Crippen molar-refractivity contribution in [1.82, 2.24) is 10.6 Å². The van der Waals surface area contributed by atoms with E-state index < -0.39 is 98.3 Å². The smallest absolute Gasteiger partial charge is 0.416 e. The Morgan fingerprint density at radius 1 is 0.684 bits per heavy atom. The minimum atomic E-state index is -5.37. The van der Waals surface area contributed by atoms with Crippen molar-refractivity contribution in [2.45, 2.75) is 38.3 Å². The van der Waals surface area contributed by atoms with Crippen molar-refractivity contribution < 1.29 is 57.5 Å². The summed E-state index contributed by atoms with van der Waals surface area (Å²) in [5.74, 6) is -7.17. The Morgan fingerprint density at radius 2 is 1.03 bits per heavy atom. The van der Waals surface area contributed by atoms with Crippen LogP contribution in [0.4, 0.5) is 48.7 Å². The summed E-state index contributed by atoms with van der Waals surface area (Å²) in [5, 5.41) is 1.80. The Labute approximate surface area is 205 Å². The molecule has 2 atom stereocenters. The number of urea groups is 1. The van der Waals surface area contributed by atoms with Crippen molar-refractivity contribution in [1.29, 1.82) is 0 Å². The first-order valence-electron chi connectivity index (χ1n) is 10.5. The quantitative estimate of drug-likeness (QED) is 0.255. The SMILES string of the molecule is Cc1c([C@@H](NC(=O)N[C@H](c2oc3c(F)cc(F)cc3c2C)C(F)(F)F)C(F)(F)F)oc2c(F)cc(F)cc12. The highest BCUT2D eigenvalue weighted by atomic mass is 19.4. The van der Waals surface area contributed by atoms with E-state index in [2.05, 4.69) is 0 Å². The molecule has 0 fully saturated rings. The lowest BCUT2D eigenvalue weighted by atomic mass is 10.1. The fourth-order valence-electron chi connectivity index (χ4n) is 3.97. The molecular weight excluding hydrogens is 542 g/mol. The van der Waals surface area contributed by atoms with Gasteiger partial charge in [0.25, 0.3) is 0 Å². The zero-order valence-corrected chi connectivity index (χ0v) is 19.0. The predicted octanol–water partition coefficient (Wildman–Crippen LogP) is 7.56. The largest absolute Gasteiger partial charge is 0.455 e. The molecule has 38 heavy (non-hydrogen) atoms. The summed E-state index contributed by atoms with van der Waals surface area (Å²) >= 11 is 0. The van der Waals surface area contributed by atoms with Crippen LogP contribution in [-0.2, 0) is 0 Å². The Bertz CT molecular complexity index is 1440. The molecule has 5 nitrogen and oxygen atoms in total.